The summed E-state index contributed by atoms with van der Waals surface area (Å²) in [6, 6.07) is 6.46. The highest BCUT2D eigenvalue weighted by Gasteiger charge is 2.25. The molecule has 0 aliphatic carbocycles. The second-order valence-electron chi connectivity index (χ2n) is 5.23. The Hall–Kier alpha value is -0.0900. The van der Waals surface area contributed by atoms with Crippen LogP contribution >= 0.6 is 27.5 Å². The van der Waals surface area contributed by atoms with Crippen molar-refractivity contribution in [2.45, 2.75) is 32.4 Å². The van der Waals surface area contributed by atoms with Crippen LogP contribution in [0.5, 0.6) is 0 Å². The van der Waals surface area contributed by atoms with Gasteiger partial charge < -0.3 is 5.73 Å². The number of nitrogens with zero attached hydrogens (tertiary/aromatic N) is 1. The highest BCUT2D eigenvalue weighted by atomic mass is 79.9. The fourth-order valence-electron chi connectivity index (χ4n) is 2.64. The van der Waals surface area contributed by atoms with Gasteiger partial charge >= 0.3 is 0 Å². The van der Waals surface area contributed by atoms with Crippen LogP contribution < -0.4 is 5.73 Å². The van der Waals surface area contributed by atoms with Crippen molar-refractivity contribution in [2.75, 3.05) is 13.1 Å². The SMILES string of the molecule is CC1CCN(Cc2cc(Cl)ccc2Br)C(CN)C1. The first-order chi connectivity index (χ1) is 8.60. The minimum absolute atomic E-state index is 0.500. The summed E-state index contributed by atoms with van der Waals surface area (Å²) in [5.74, 6) is 0.789. The summed E-state index contributed by atoms with van der Waals surface area (Å²) < 4.78 is 1.13. The van der Waals surface area contributed by atoms with E-state index in [0.29, 0.717) is 6.04 Å². The zero-order valence-electron chi connectivity index (χ0n) is 10.7. The molecule has 4 heteroatoms. The molecule has 2 atom stereocenters. The topological polar surface area (TPSA) is 29.3 Å². The first kappa shape index (κ1) is 14.3. The maximum Gasteiger partial charge on any atom is 0.0410 e. The summed E-state index contributed by atoms with van der Waals surface area (Å²) in [7, 11) is 0. The minimum Gasteiger partial charge on any atom is -0.329 e. The molecule has 2 unspecified atom stereocenters. The highest BCUT2D eigenvalue weighted by Crippen LogP contribution is 2.27. The van der Waals surface area contributed by atoms with Crippen LogP contribution in [-0.4, -0.2) is 24.0 Å². The van der Waals surface area contributed by atoms with Crippen molar-refractivity contribution in [2.24, 2.45) is 11.7 Å². The summed E-state index contributed by atoms with van der Waals surface area (Å²) in [5.41, 5.74) is 7.14. The van der Waals surface area contributed by atoms with Gasteiger partial charge in [0.15, 0.2) is 0 Å². The van der Waals surface area contributed by atoms with Gasteiger partial charge in [-0.15, -0.1) is 0 Å². The lowest BCUT2D eigenvalue weighted by Gasteiger charge is -2.38. The molecular formula is C14H20BrClN2. The first-order valence-corrected chi connectivity index (χ1v) is 7.65. The highest BCUT2D eigenvalue weighted by molar-refractivity contribution is 9.10. The van der Waals surface area contributed by atoms with Crippen molar-refractivity contribution in [1.29, 1.82) is 0 Å². The van der Waals surface area contributed by atoms with Crippen LogP contribution in [0.15, 0.2) is 22.7 Å². The number of hydrogen-bond donors (Lipinski definition) is 1. The standard InChI is InChI=1S/C14H20BrClN2/c1-10-4-5-18(13(6-10)8-17)9-11-7-12(16)2-3-14(11)15/h2-3,7,10,13H,4-6,8-9,17H2,1H3. The number of halogens is 2. The Bertz CT molecular complexity index is 411. The van der Waals surface area contributed by atoms with Crippen molar-refractivity contribution < 1.29 is 0 Å². The first-order valence-electron chi connectivity index (χ1n) is 6.48. The van der Waals surface area contributed by atoms with E-state index in [1.807, 2.05) is 18.2 Å². The second kappa shape index (κ2) is 6.38. The van der Waals surface area contributed by atoms with E-state index < -0.39 is 0 Å². The van der Waals surface area contributed by atoms with Gasteiger partial charge in [0.05, 0.1) is 0 Å². The van der Waals surface area contributed by atoms with Gasteiger partial charge in [0.2, 0.25) is 0 Å². The van der Waals surface area contributed by atoms with Crippen LogP contribution in [0.4, 0.5) is 0 Å². The van der Waals surface area contributed by atoms with Crippen molar-refractivity contribution in [3.8, 4) is 0 Å². The molecule has 1 aliphatic heterocycles. The van der Waals surface area contributed by atoms with Crippen LogP contribution in [-0.2, 0) is 6.54 Å². The van der Waals surface area contributed by atoms with Crippen LogP contribution in [0.25, 0.3) is 0 Å². The Balaban J connectivity index is 2.10. The van der Waals surface area contributed by atoms with Crippen LogP contribution in [0.3, 0.4) is 0 Å². The van der Waals surface area contributed by atoms with Gasteiger partial charge in [-0.25, -0.2) is 0 Å². The molecule has 100 valence electrons. The predicted octanol–water partition coefficient (Wildman–Crippen LogP) is 3.66. The number of nitrogens with two attached hydrogens (primary N) is 1. The van der Waals surface area contributed by atoms with Crippen molar-refractivity contribution in [3.05, 3.63) is 33.3 Å². The molecule has 1 fully saturated rings. The van der Waals surface area contributed by atoms with Crippen LogP contribution in [0.1, 0.15) is 25.3 Å². The van der Waals surface area contributed by atoms with E-state index in [0.717, 1.165) is 35.0 Å². The lowest BCUT2D eigenvalue weighted by molar-refractivity contribution is 0.115. The number of benzene rings is 1. The average molecular weight is 332 g/mol. The Morgan fingerprint density at radius 3 is 3.00 bits per heavy atom. The fourth-order valence-corrected chi connectivity index (χ4v) is 3.20. The minimum atomic E-state index is 0.500. The zero-order chi connectivity index (χ0) is 13.1. The summed E-state index contributed by atoms with van der Waals surface area (Å²) in [4.78, 5) is 2.48. The molecule has 1 saturated heterocycles. The molecule has 0 aromatic heterocycles. The summed E-state index contributed by atoms with van der Waals surface area (Å²) in [5, 5.41) is 0.794. The molecule has 0 spiro atoms. The lowest BCUT2D eigenvalue weighted by atomic mass is 9.92. The maximum atomic E-state index is 6.06. The van der Waals surface area contributed by atoms with E-state index in [2.05, 4.69) is 27.8 Å². The van der Waals surface area contributed by atoms with Crippen molar-refractivity contribution in [3.63, 3.8) is 0 Å². The molecule has 2 N–H and O–H groups in total. The third-order valence-corrected chi connectivity index (χ3v) is 4.76. The van der Waals surface area contributed by atoms with Crippen LogP contribution in [0, 0.1) is 5.92 Å². The van der Waals surface area contributed by atoms with E-state index in [-0.39, 0.29) is 0 Å². The molecule has 18 heavy (non-hydrogen) atoms. The summed E-state index contributed by atoms with van der Waals surface area (Å²) in [6.45, 7) is 5.11. The molecule has 1 aromatic rings. The molecule has 0 saturated carbocycles. The van der Waals surface area contributed by atoms with E-state index in [1.54, 1.807) is 0 Å². The van der Waals surface area contributed by atoms with Crippen molar-refractivity contribution >= 4 is 27.5 Å². The van der Waals surface area contributed by atoms with Gasteiger partial charge in [-0.1, -0.05) is 34.5 Å². The van der Waals surface area contributed by atoms with Gasteiger partial charge in [-0.3, -0.25) is 4.90 Å². The van der Waals surface area contributed by atoms with E-state index in [4.69, 9.17) is 17.3 Å². The third-order valence-electron chi connectivity index (χ3n) is 3.75. The van der Waals surface area contributed by atoms with Gasteiger partial charge in [0.1, 0.15) is 0 Å². The molecular weight excluding hydrogens is 312 g/mol. The summed E-state index contributed by atoms with van der Waals surface area (Å²) in [6.07, 6.45) is 2.46. The van der Waals surface area contributed by atoms with E-state index in [9.17, 15) is 0 Å². The molecule has 0 radical (unpaired) electrons. The number of likely N-dealkylation sites (tertiary alicyclic amines) is 1. The Labute approximate surface area is 123 Å². The van der Waals surface area contributed by atoms with Gasteiger partial charge in [-0.05, 0) is 49.1 Å². The smallest absolute Gasteiger partial charge is 0.0410 e. The quantitative estimate of drug-likeness (QED) is 0.916. The second-order valence-corrected chi connectivity index (χ2v) is 6.52. The number of rotatable bonds is 3. The van der Waals surface area contributed by atoms with E-state index in [1.165, 1.54) is 18.4 Å². The number of hydrogen-bond acceptors (Lipinski definition) is 2. The van der Waals surface area contributed by atoms with Crippen LogP contribution in [0.2, 0.25) is 5.02 Å². The molecule has 1 aliphatic rings. The Morgan fingerprint density at radius 2 is 2.28 bits per heavy atom. The largest absolute Gasteiger partial charge is 0.329 e. The van der Waals surface area contributed by atoms with Gasteiger partial charge in [0.25, 0.3) is 0 Å². The maximum absolute atomic E-state index is 6.06. The molecule has 2 nitrogen and oxygen atoms in total. The Kier molecular flexibility index (Phi) is 5.07. The summed E-state index contributed by atoms with van der Waals surface area (Å²) >= 11 is 9.66. The predicted molar refractivity (Wildman–Crippen MR) is 80.8 cm³/mol. The van der Waals surface area contributed by atoms with Gasteiger partial charge in [-0.2, -0.15) is 0 Å². The molecule has 2 rings (SSSR count). The van der Waals surface area contributed by atoms with Crippen molar-refractivity contribution in [1.82, 2.24) is 4.90 Å². The molecule has 1 heterocycles. The molecule has 0 bridgehead atoms. The van der Waals surface area contributed by atoms with E-state index >= 15 is 0 Å². The lowest BCUT2D eigenvalue weighted by Crippen LogP contribution is -2.45. The molecule has 0 amide bonds. The molecule has 1 aromatic carbocycles. The fraction of sp³-hybridized carbons (Fsp3) is 0.571. The normalized spacial score (nSPS) is 25.3. The number of piperidine rings is 1. The zero-order valence-corrected chi connectivity index (χ0v) is 13.0. The Morgan fingerprint density at radius 1 is 1.50 bits per heavy atom. The average Bonchev–Trinajstić information content (AvgIpc) is 2.36. The third kappa shape index (κ3) is 3.47. The monoisotopic (exact) mass is 330 g/mol. The van der Waals surface area contributed by atoms with Gasteiger partial charge in [0, 0.05) is 28.6 Å².